The fourth-order valence-electron chi connectivity index (χ4n) is 5.16. The molecule has 1 heterocycles. The molecule has 2 fully saturated rings. The number of ether oxygens (including phenoxy) is 2. The van der Waals surface area contributed by atoms with Gasteiger partial charge in [0.25, 0.3) is 0 Å². The SMILES string of the molecule is O=C(NC[C@@H]1CCO[C@@H]1C(=O)N[C@@H](CC1CC1)C(=O)O)OCC1c2ccccc2-c2ccccc21. The van der Waals surface area contributed by atoms with Gasteiger partial charge >= 0.3 is 12.1 Å². The van der Waals surface area contributed by atoms with Gasteiger partial charge in [0.15, 0.2) is 0 Å². The number of benzene rings is 2. The van der Waals surface area contributed by atoms with E-state index in [0.29, 0.717) is 25.4 Å². The second kappa shape index (κ2) is 10.1. The van der Waals surface area contributed by atoms with Crippen molar-refractivity contribution in [2.45, 2.75) is 43.7 Å². The summed E-state index contributed by atoms with van der Waals surface area (Å²) in [6.07, 6.45) is 1.72. The zero-order valence-corrected chi connectivity index (χ0v) is 19.4. The molecule has 2 aromatic carbocycles. The molecule has 2 aromatic rings. The minimum Gasteiger partial charge on any atom is -0.480 e. The Kier molecular flexibility index (Phi) is 6.72. The number of nitrogens with one attached hydrogen (secondary N) is 2. The van der Waals surface area contributed by atoms with Gasteiger partial charge in [-0.3, -0.25) is 4.79 Å². The maximum atomic E-state index is 12.7. The van der Waals surface area contributed by atoms with E-state index in [4.69, 9.17) is 9.47 Å². The average Bonchev–Trinajstić information content (AvgIpc) is 3.45. The van der Waals surface area contributed by atoms with Crippen LogP contribution < -0.4 is 10.6 Å². The summed E-state index contributed by atoms with van der Waals surface area (Å²) in [5.74, 6) is -1.37. The molecule has 2 aliphatic carbocycles. The molecule has 35 heavy (non-hydrogen) atoms. The van der Waals surface area contributed by atoms with Crippen molar-refractivity contribution in [3.63, 3.8) is 0 Å². The highest BCUT2D eigenvalue weighted by atomic mass is 16.5. The lowest BCUT2D eigenvalue weighted by atomic mass is 9.98. The molecule has 3 N–H and O–H groups in total. The van der Waals surface area contributed by atoms with Gasteiger partial charge in [0.05, 0.1) is 0 Å². The first-order valence-corrected chi connectivity index (χ1v) is 12.2. The highest BCUT2D eigenvalue weighted by Gasteiger charge is 2.38. The lowest BCUT2D eigenvalue weighted by molar-refractivity contribution is -0.144. The van der Waals surface area contributed by atoms with Crippen LogP contribution in [-0.2, 0) is 19.1 Å². The van der Waals surface area contributed by atoms with Gasteiger partial charge in [-0.05, 0) is 41.0 Å². The van der Waals surface area contributed by atoms with Gasteiger partial charge in [0.1, 0.15) is 18.8 Å². The van der Waals surface area contributed by atoms with Gasteiger partial charge in [0, 0.05) is 25.0 Å². The topological polar surface area (TPSA) is 114 Å². The average molecular weight is 479 g/mol. The Balaban J connectivity index is 1.13. The van der Waals surface area contributed by atoms with Crippen molar-refractivity contribution in [3.05, 3.63) is 59.7 Å². The molecule has 0 aromatic heterocycles. The van der Waals surface area contributed by atoms with Gasteiger partial charge in [-0.1, -0.05) is 61.4 Å². The summed E-state index contributed by atoms with van der Waals surface area (Å²) >= 11 is 0. The first-order chi connectivity index (χ1) is 17.0. The molecule has 0 unspecified atom stereocenters. The Hall–Kier alpha value is -3.39. The minimum absolute atomic E-state index is 0.0269. The molecular weight excluding hydrogens is 448 g/mol. The van der Waals surface area contributed by atoms with Gasteiger partial charge in [-0.15, -0.1) is 0 Å². The molecule has 2 amide bonds. The summed E-state index contributed by atoms with van der Waals surface area (Å²) < 4.78 is 11.2. The standard InChI is InChI=1S/C27H30N2O6/c30-25(29-23(26(31)32)13-16-9-10-16)24-17(11-12-34-24)14-28-27(33)35-15-22-20-7-3-1-5-18(20)19-6-2-4-8-21(19)22/h1-8,16-17,22-24H,9-15H2,(H,28,33)(H,29,30)(H,31,32)/t17-,23-,24-/m0/s1. The van der Waals surface area contributed by atoms with Crippen LogP contribution in [0.2, 0.25) is 0 Å². The molecule has 1 aliphatic heterocycles. The lowest BCUT2D eigenvalue weighted by Crippen LogP contribution is -2.48. The molecular formula is C27H30N2O6. The maximum Gasteiger partial charge on any atom is 0.407 e. The first kappa shape index (κ1) is 23.4. The van der Waals surface area contributed by atoms with E-state index in [1.807, 2.05) is 24.3 Å². The number of fused-ring (bicyclic) bond motifs is 3. The number of hydrogen-bond donors (Lipinski definition) is 3. The van der Waals surface area contributed by atoms with Crippen molar-refractivity contribution < 1.29 is 29.0 Å². The molecule has 1 saturated carbocycles. The molecule has 5 rings (SSSR count). The fraction of sp³-hybridized carbons (Fsp3) is 0.444. The Labute approximate surface area is 204 Å². The van der Waals surface area contributed by atoms with Gasteiger partial charge in [-0.25, -0.2) is 9.59 Å². The van der Waals surface area contributed by atoms with E-state index < -0.39 is 30.1 Å². The summed E-state index contributed by atoms with van der Waals surface area (Å²) in [5.41, 5.74) is 4.61. The Morgan fingerprint density at radius 1 is 1.00 bits per heavy atom. The van der Waals surface area contributed by atoms with Crippen LogP contribution in [0.4, 0.5) is 4.79 Å². The Morgan fingerprint density at radius 3 is 2.29 bits per heavy atom. The van der Waals surface area contributed by atoms with Crippen molar-refractivity contribution in [1.29, 1.82) is 0 Å². The molecule has 0 spiro atoms. The predicted molar refractivity (Wildman–Crippen MR) is 128 cm³/mol. The number of carbonyl (C=O) groups is 3. The van der Waals surface area contributed by atoms with E-state index in [0.717, 1.165) is 35.1 Å². The molecule has 0 bridgehead atoms. The molecule has 8 nitrogen and oxygen atoms in total. The second-order valence-corrected chi connectivity index (χ2v) is 9.63. The first-order valence-electron chi connectivity index (χ1n) is 12.2. The number of carbonyl (C=O) groups excluding carboxylic acids is 2. The summed E-state index contributed by atoms with van der Waals surface area (Å²) in [6.45, 7) is 0.816. The van der Waals surface area contributed by atoms with Gasteiger partial charge in [-0.2, -0.15) is 0 Å². The number of alkyl carbamates (subject to hydrolysis) is 1. The van der Waals surface area contributed by atoms with Crippen LogP contribution in [0, 0.1) is 11.8 Å². The van der Waals surface area contributed by atoms with Crippen molar-refractivity contribution >= 4 is 18.0 Å². The van der Waals surface area contributed by atoms with Crippen LogP contribution in [-0.4, -0.2) is 55.0 Å². The van der Waals surface area contributed by atoms with Crippen molar-refractivity contribution in [1.82, 2.24) is 10.6 Å². The smallest absolute Gasteiger partial charge is 0.407 e. The molecule has 3 atom stereocenters. The third kappa shape index (κ3) is 5.17. The van der Waals surface area contributed by atoms with Crippen molar-refractivity contribution in [2.24, 2.45) is 11.8 Å². The second-order valence-electron chi connectivity index (χ2n) is 9.63. The predicted octanol–water partition coefficient (Wildman–Crippen LogP) is 3.30. The van der Waals surface area contributed by atoms with Crippen LogP contribution in [0.5, 0.6) is 0 Å². The van der Waals surface area contributed by atoms with Gasteiger partial charge < -0.3 is 25.2 Å². The Bertz CT molecular complexity index is 1070. The van der Waals surface area contributed by atoms with Crippen molar-refractivity contribution in [2.75, 3.05) is 19.8 Å². The normalized spacial score (nSPS) is 21.6. The van der Waals surface area contributed by atoms with E-state index in [-0.39, 0.29) is 25.0 Å². The number of amides is 2. The van der Waals surface area contributed by atoms with Gasteiger partial charge in [0.2, 0.25) is 5.91 Å². The van der Waals surface area contributed by atoms with E-state index in [9.17, 15) is 19.5 Å². The fourth-order valence-corrected chi connectivity index (χ4v) is 5.16. The van der Waals surface area contributed by atoms with Crippen LogP contribution in [0.3, 0.4) is 0 Å². The summed E-state index contributed by atoms with van der Waals surface area (Å²) in [4.78, 5) is 36.7. The third-order valence-corrected chi connectivity index (χ3v) is 7.21. The lowest BCUT2D eigenvalue weighted by Gasteiger charge is -2.21. The summed E-state index contributed by atoms with van der Waals surface area (Å²) in [7, 11) is 0. The number of aliphatic carboxylic acids is 1. The monoisotopic (exact) mass is 478 g/mol. The number of hydrogen-bond acceptors (Lipinski definition) is 5. The third-order valence-electron chi connectivity index (χ3n) is 7.21. The summed E-state index contributed by atoms with van der Waals surface area (Å²) in [5, 5.41) is 14.8. The van der Waals surface area contributed by atoms with E-state index in [1.165, 1.54) is 0 Å². The van der Waals surface area contributed by atoms with Crippen LogP contribution in [0.15, 0.2) is 48.5 Å². The molecule has 0 radical (unpaired) electrons. The largest absolute Gasteiger partial charge is 0.480 e. The maximum absolute atomic E-state index is 12.7. The number of carboxylic acids is 1. The highest BCUT2D eigenvalue weighted by molar-refractivity contribution is 5.87. The van der Waals surface area contributed by atoms with Crippen LogP contribution in [0.1, 0.15) is 42.7 Å². The van der Waals surface area contributed by atoms with E-state index in [1.54, 1.807) is 0 Å². The summed E-state index contributed by atoms with van der Waals surface area (Å²) in [6, 6.07) is 15.4. The highest BCUT2D eigenvalue weighted by Crippen LogP contribution is 2.44. The number of carboxylic acid groups (broad SMARTS) is 1. The van der Waals surface area contributed by atoms with E-state index in [2.05, 4.69) is 34.9 Å². The Morgan fingerprint density at radius 2 is 1.66 bits per heavy atom. The van der Waals surface area contributed by atoms with Crippen LogP contribution in [0.25, 0.3) is 11.1 Å². The zero-order valence-electron chi connectivity index (χ0n) is 19.4. The molecule has 1 saturated heterocycles. The minimum atomic E-state index is -1.03. The number of rotatable bonds is 9. The van der Waals surface area contributed by atoms with Crippen LogP contribution >= 0.6 is 0 Å². The quantitative estimate of drug-likeness (QED) is 0.510. The molecule has 184 valence electrons. The van der Waals surface area contributed by atoms with Crippen molar-refractivity contribution in [3.8, 4) is 11.1 Å². The zero-order chi connectivity index (χ0) is 24.4. The van der Waals surface area contributed by atoms with E-state index >= 15 is 0 Å². The molecule has 3 aliphatic rings. The molecule has 8 heteroatoms.